The highest BCUT2D eigenvalue weighted by Crippen LogP contribution is 2.19. The summed E-state index contributed by atoms with van der Waals surface area (Å²) in [6.07, 6.45) is 8.36. The summed E-state index contributed by atoms with van der Waals surface area (Å²) in [7, 11) is 0. The predicted molar refractivity (Wildman–Crippen MR) is 125 cm³/mol. The summed E-state index contributed by atoms with van der Waals surface area (Å²) in [5.74, 6) is 3.67. The first kappa shape index (κ1) is 22.0. The highest BCUT2D eigenvalue weighted by atomic mass is 16.3. The van der Waals surface area contributed by atoms with Gasteiger partial charge in [0.2, 0.25) is 5.89 Å². The van der Waals surface area contributed by atoms with Crippen molar-refractivity contribution in [2.24, 2.45) is 4.99 Å². The third-order valence-corrected chi connectivity index (χ3v) is 5.65. The molecule has 3 heterocycles. The van der Waals surface area contributed by atoms with Crippen molar-refractivity contribution in [1.82, 2.24) is 30.4 Å². The molecule has 0 spiro atoms. The minimum absolute atomic E-state index is 0.461. The Kier molecular flexibility index (Phi) is 7.53. The van der Waals surface area contributed by atoms with Crippen LogP contribution in [0.1, 0.15) is 55.5 Å². The van der Waals surface area contributed by atoms with Crippen LogP contribution in [0.15, 0.2) is 39.9 Å². The second-order valence-corrected chi connectivity index (χ2v) is 8.23. The molecule has 0 unspecified atom stereocenters. The smallest absolute Gasteiger partial charge is 0.226 e. The summed E-state index contributed by atoms with van der Waals surface area (Å²) in [5.41, 5.74) is 3.00. The van der Waals surface area contributed by atoms with E-state index in [2.05, 4.69) is 61.4 Å². The molecule has 0 saturated heterocycles. The first-order valence-corrected chi connectivity index (χ1v) is 11.7. The van der Waals surface area contributed by atoms with Crippen molar-refractivity contribution in [1.29, 1.82) is 0 Å². The zero-order valence-electron chi connectivity index (χ0n) is 19.1. The molecule has 8 heteroatoms. The van der Waals surface area contributed by atoms with Gasteiger partial charge in [0.05, 0.1) is 6.54 Å². The molecule has 0 saturated carbocycles. The molecule has 0 fully saturated rings. The first-order chi connectivity index (χ1) is 15.7. The van der Waals surface area contributed by atoms with E-state index in [0.29, 0.717) is 12.4 Å². The molecule has 0 amide bonds. The van der Waals surface area contributed by atoms with Crippen LogP contribution in [0.25, 0.3) is 11.5 Å². The topological polar surface area (TPSA) is 93.2 Å². The average Bonchev–Trinajstić information content (AvgIpc) is 3.36. The van der Waals surface area contributed by atoms with Gasteiger partial charge in [-0.05, 0) is 45.2 Å². The van der Waals surface area contributed by atoms with E-state index in [-0.39, 0.29) is 0 Å². The van der Waals surface area contributed by atoms with Crippen molar-refractivity contribution in [2.75, 3.05) is 13.1 Å². The molecule has 1 aliphatic heterocycles. The number of rotatable bonds is 8. The van der Waals surface area contributed by atoms with Crippen LogP contribution in [0.3, 0.4) is 0 Å². The van der Waals surface area contributed by atoms with Crippen molar-refractivity contribution in [2.45, 2.75) is 65.5 Å². The van der Waals surface area contributed by atoms with Gasteiger partial charge in [0.25, 0.3) is 0 Å². The number of nitrogens with zero attached hydrogens (tertiary/aromatic N) is 5. The number of fused-ring (bicyclic) bond motifs is 1. The molecular weight excluding hydrogens is 402 g/mol. The van der Waals surface area contributed by atoms with Crippen LogP contribution < -0.4 is 10.6 Å². The Balaban J connectivity index is 1.28. The Morgan fingerprint density at radius 1 is 1.12 bits per heavy atom. The van der Waals surface area contributed by atoms with Crippen LogP contribution in [0.4, 0.5) is 0 Å². The summed E-state index contributed by atoms with van der Waals surface area (Å²) in [4.78, 5) is 9.23. The highest BCUT2D eigenvalue weighted by Gasteiger charge is 2.14. The van der Waals surface area contributed by atoms with Crippen molar-refractivity contribution >= 4 is 5.96 Å². The maximum Gasteiger partial charge on any atom is 0.226 e. The summed E-state index contributed by atoms with van der Waals surface area (Å²) >= 11 is 0. The van der Waals surface area contributed by atoms with Gasteiger partial charge in [0.1, 0.15) is 23.6 Å². The van der Waals surface area contributed by atoms with Gasteiger partial charge in [-0.1, -0.05) is 24.1 Å². The Morgan fingerprint density at radius 3 is 2.84 bits per heavy atom. The standard InChI is InChI=1S/C24H33N7O/c1-3-25-24(26-14-7-9-22-30-29-21-8-5-4-6-15-31(21)22)27-16-20-17-32-23(28-20)19-12-10-18(2)11-13-19/h10-13,17H,3-9,14-16H2,1-2H3,(H2,25,26,27). The van der Waals surface area contributed by atoms with Gasteiger partial charge >= 0.3 is 0 Å². The van der Waals surface area contributed by atoms with E-state index in [0.717, 1.165) is 67.8 Å². The van der Waals surface area contributed by atoms with Crippen molar-refractivity contribution < 1.29 is 4.42 Å². The molecule has 2 N–H and O–H groups in total. The number of aliphatic imine (C=N–C) groups is 1. The maximum absolute atomic E-state index is 5.64. The zero-order chi connectivity index (χ0) is 22.2. The Hall–Kier alpha value is -3.16. The Morgan fingerprint density at radius 2 is 2.00 bits per heavy atom. The van der Waals surface area contributed by atoms with Crippen molar-refractivity contribution in [3.8, 4) is 11.5 Å². The molecular formula is C24H33N7O. The van der Waals surface area contributed by atoms with E-state index in [9.17, 15) is 0 Å². The molecule has 0 bridgehead atoms. The van der Waals surface area contributed by atoms with Crippen LogP contribution in [-0.2, 0) is 25.9 Å². The molecule has 170 valence electrons. The average molecular weight is 436 g/mol. The fourth-order valence-electron chi connectivity index (χ4n) is 3.89. The zero-order valence-corrected chi connectivity index (χ0v) is 19.1. The number of nitrogens with one attached hydrogen (secondary N) is 2. The van der Waals surface area contributed by atoms with E-state index in [4.69, 9.17) is 4.42 Å². The molecule has 32 heavy (non-hydrogen) atoms. The van der Waals surface area contributed by atoms with E-state index in [1.165, 1.54) is 24.8 Å². The molecule has 8 nitrogen and oxygen atoms in total. The van der Waals surface area contributed by atoms with Crippen LogP contribution in [0.5, 0.6) is 0 Å². The first-order valence-electron chi connectivity index (χ1n) is 11.7. The number of hydrogen-bond donors (Lipinski definition) is 2. The van der Waals surface area contributed by atoms with E-state index >= 15 is 0 Å². The molecule has 0 radical (unpaired) electrons. The lowest BCUT2D eigenvalue weighted by atomic mass is 10.1. The largest absolute Gasteiger partial charge is 0.444 e. The second-order valence-electron chi connectivity index (χ2n) is 8.23. The highest BCUT2D eigenvalue weighted by molar-refractivity contribution is 5.79. The normalized spacial score (nSPS) is 14.1. The molecule has 1 aliphatic rings. The van der Waals surface area contributed by atoms with Crippen LogP contribution in [-0.4, -0.2) is 38.8 Å². The third-order valence-electron chi connectivity index (χ3n) is 5.65. The van der Waals surface area contributed by atoms with E-state index in [1.807, 2.05) is 12.1 Å². The second kappa shape index (κ2) is 10.9. The molecule has 2 aromatic heterocycles. The Labute approximate surface area is 189 Å². The van der Waals surface area contributed by atoms with Gasteiger partial charge in [-0.25, -0.2) is 9.98 Å². The summed E-state index contributed by atoms with van der Waals surface area (Å²) in [6.45, 7) is 7.27. The number of hydrogen-bond acceptors (Lipinski definition) is 5. The van der Waals surface area contributed by atoms with Crippen molar-refractivity contribution in [3.05, 3.63) is 53.4 Å². The fourth-order valence-corrected chi connectivity index (χ4v) is 3.89. The molecule has 0 aliphatic carbocycles. The van der Waals surface area contributed by atoms with Crippen LogP contribution in [0.2, 0.25) is 0 Å². The van der Waals surface area contributed by atoms with Gasteiger partial charge in [-0.15, -0.1) is 10.2 Å². The lowest BCUT2D eigenvalue weighted by Crippen LogP contribution is -2.37. The maximum atomic E-state index is 5.64. The van der Waals surface area contributed by atoms with Gasteiger partial charge in [-0.2, -0.15) is 0 Å². The summed E-state index contributed by atoms with van der Waals surface area (Å²) in [5, 5.41) is 15.5. The van der Waals surface area contributed by atoms with Crippen LogP contribution in [0, 0.1) is 6.92 Å². The van der Waals surface area contributed by atoms with Gasteiger partial charge < -0.3 is 19.6 Å². The molecule has 1 aromatic carbocycles. The molecule has 3 aromatic rings. The number of aromatic nitrogens is 4. The van der Waals surface area contributed by atoms with E-state index < -0.39 is 0 Å². The van der Waals surface area contributed by atoms with Gasteiger partial charge in [0, 0.05) is 38.0 Å². The predicted octanol–water partition coefficient (Wildman–Crippen LogP) is 3.66. The fraction of sp³-hybridized carbons (Fsp3) is 0.500. The number of guanidine groups is 1. The molecule has 0 atom stereocenters. The summed E-state index contributed by atoms with van der Waals surface area (Å²) in [6, 6.07) is 8.16. The quantitative estimate of drug-likeness (QED) is 0.319. The third kappa shape index (κ3) is 5.75. The van der Waals surface area contributed by atoms with Crippen LogP contribution >= 0.6 is 0 Å². The summed E-state index contributed by atoms with van der Waals surface area (Å²) < 4.78 is 7.96. The number of oxazole rings is 1. The van der Waals surface area contributed by atoms with Gasteiger partial charge in [-0.3, -0.25) is 0 Å². The molecule has 4 rings (SSSR count). The number of aryl methyl sites for hydroxylation is 3. The van der Waals surface area contributed by atoms with E-state index in [1.54, 1.807) is 6.26 Å². The number of benzene rings is 1. The lowest BCUT2D eigenvalue weighted by Gasteiger charge is -2.11. The monoisotopic (exact) mass is 435 g/mol. The lowest BCUT2D eigenvalue weighted by molar-refractivity contribution is 0.572. The Bertz CT molecular complexity index is 1020. The SMILES string of the molecule is CCNC(=NCc1coc(-c2ccc(C)cc2)n1)NCCCc1nnc2n1CCCCC2. The van der Waals surface area contributed by atoms with Crippen molar-refractivity contribution in [3.63, 3.8) is 0 Å². The minimum atomic E-state index is 0.461. The minimum Gasteiger partial charge on any atom is -0.444 e. The van der Waals surface area contributed by atoms with Gasteiger partial charge in [0.15, 0.2) is 5.96 Å².